The van der Waals surface area contributed by atoms with Gasteiger partial charge in [0.1, 0.15) is 11.6 Å². The van der Waals surface area contributed by atoms with E-state index < -0.39 is 17.5 Å². The van der Waals surface area contributed by atoms with E-state index >= 15 is 0 Å². The molecule has 0 saturated carbocycles. The van der Waals surface area contributed by atoms with Crippen LogP contribution in [0, 0.1) is 11.6 Å². The highest BCUT2D eigenvalue weighted by Crippen LogP contribution is 2.14. The topological polar surface area (TPSA) is 58.6 Å². The van der Waals surface area contributed by atoms with Crippen molar-refractivity contribution in [3.63, 3.8) is 0 Å². The van der Waals surface area contributed by atoms with Gasteiger partial charge in [-0.2, -0.15) is 0 Å². The molecule has 1 heterocycles. The first-order valence-corrected chi connectivity index (χ1v) is 8.23. The van der Waals surface area contributed by atoms with Crippen LogP contribution in [0.2, 0.25) is 0 Å². The number of rotatable bonds is 4. The van der Waals surface area contributed by atoms with Crippen LogP contribution in [-0.2, 0) is 16.0 Å². The van der Waals surface area contributed by atoms with Gasteiger partial charge in [-0.15, -0.1) is 0 Å². The normalized spacial score (nSPS) is 14.2. The van der Waals surface area contributed by atoms with Gasteiger partial charge in [0.15, 0.2) is 0 Å². The first-order chi connectivity index (χ1) is 12.5. The molecule has 5 nitrogen and oxygen atoms in total. The van der Waals surface area contributed by atoms with Gasteiger partial charge >= 0.3 is 0 Å². The SMILES string of the molecule is O=C(Nc1ccc(CC(=O)N2CCOCC2)cc1)c1cc(F)cc(F)c1. The van der Waals surface area contributed by atoms with Crippen molar-refractivity contribution in [1.29, 1.82) is 0 Å². The standard InChI is InChI=1S/C19H18F2N2O3/c20-15-10-14(11-16(21)12-15)19(25)22-17-3-1-13(2-4-17)9-18(24)23-5-7-26-8-6-23/h1-4,10-12H,5-9H2,(H,22,25). The second-order valence-corrected chi connectivity index (χ2v) is 5.98. The van der Waals surface area contributed by atoms with Gasteiger partial charge in [-0.05, 0) is 29.8 Å². The Hall–Kier alpha value is -2.80. The second kappa shape index (κ2) is 8.05. The minimum atomic E-state index is -0.813. The van der Waals surface area contributed by atoms with Gasteiger partial charge in [0, 0.05) is 30.4 Å². The van der Waals surface area contributed by atoms with Crippen molar-refractivity contribution in [1.82, 2.24) is 4.90 Å². The van der Waals surface area contributed by atoms with Gasteiger partial charge in [0.05, 0.1) is 19.6 Å². The summed E-state index contributed by atoms with van der Waals surface area (Å²) < 4.78 is 31.6. The molecule has 0 spiro atoms. The maximum absolute atomic E-state index is 13.2. The zero-order valence-corrected chi connectivity index (χ0v) is 14.0. The molecule has 3 rings (SSSR count). The fourth-order valence-electron chi connectivity index (χ4n) is 2.69. The lowest BCUT2D eigenvalue weighted by atomic mass is 10.1. The van der Waals surface area contributed by atoms with Crippen LogP contribution in [0.15, 0.2) is 42.5 Å². The Labute approximate surface area is 149 Å². The number of benzene rings is 2. The maximum atomic E-state index is 13.2. The lowest BCUT2D eigenvalue weighted by Gasteiger charge is -2.26. The summed E-state index contributed by atoms with van der Waals surface area (Å²) in [7, 11) is 0. The molecule has 0 bridgehead atoms. The Kier molecular flexibility index (Phi) is 5.58. The fraction of sp³-hybridized carbons (Fsp3) is 0.263. The molecule has 2 aromatic carbocycles. The molecule has 2 amide bonds. The van der Waals surface area contributed by atoms with Gasteiger partial charge in [-0.3, -0.25) is 9.59 Å². The molecule has 0 aliphatic carbocycles. The second-order valence-electron chi connectivity index (χ2n) is 5.98. The molecule has 1 aliphatic rings. The van der Waals surface area contributed by atoms with Gasteiger partial charge in [-0.1, -0.05) is 12.1 Å². The Morgan fingerprint density at radius 2 is 1.62 bits per heavy atom. The van der Waals surface area contributed by atoms with Crippen LogP contribution in [0.5, 0.6) is 0 Å². The van der Waals surface area contributed by atoms with Crippen molar-refractivity contribution in [2.24, 2.45) is 0 Å². The lowest BCUT2D eigenvalue weighted by molar-refractivity contribution is -0.134. The molecular weight excluding hydrogens is 342 g/mol. The van der Waals surface area contributed by atoms with Crippen molar-refractivity contribution < 1.29 is 23.1 Å². The molecule has 1 saturated heterocycles. The molecule has 0 aromatic heterocycles. The number of carbonyl (C=O) groups is 2. The number of halogens is 2. The van der Waals surface area contributed by atoms with Crippen molar-refractivity contribution in [3.05, 3.63) is 65.2 Å². The summed E-state index contributed by atoms with van der Waals surface area (Å²) in [4.78, 5) is 26.0. The van der Waals surface area contributed by atoms with E-state index in [4.69, 9.17) is 4.74 Å². The summed E-state index contributed by atoms with van der Waals surface area (Å²) in [5, 5.41) is 2.57. The van der Waals surface area contributed by atoms with E-state index in [1.54, 1.807) is 29.2 Å². The summed E-state index contributed by atoms with van der Waals surface area (Å²) in [5.74, 6) is -2.21. The first kappa shape index (κ1) is 18.0. The third kappa shape index (κ3) is 4.64. The van der Waals surface area contributed by atoms with Gasteiger partial charge in [-0.25, -0.2) is 8.78 Å². The number of hydrogen-bond donors (Lipinski definition) is 1. The van der Waals surface area contributed by atoms with Crippen LogP contribution in [0.3, 0.4) is 0 Å². The zero-order valence-electron chi connectivity index (χ0n) is 14.0. The average molecular weight is 360 g/mol. The van der Waals surface area contributed by atoms with E-state index in [0.29, 0.717) is 38.1 Å². The molecule has 0 unspecified atom stereocenters. The van der Waals surface area contributed by atoms with Crippen molar-refractivity contribution in [2.45, 2.75) is 6.42 Å². The number of hydrogen-bond acceptors (Lipinski definition) is 3. The van der Waals surface area contributed by atoms with Crippen molar-refractivity contribution in [3.8, 4) is 0 Å². The highest BCUT2D eigenvalue weighted by molar-refractivity contribution is 6.04. The zero-order chi connectivity index (χ0) is 18.5. The Bertz CT molecular complexity index is 783. The summed E-state index contributed by atoms with van der Waals surface area (Å²) >= 11 is 0. The lowest BCUT2D eigenvalue weighted by Crippen LogP contribution is -2.41. The van der Waals surface area contributed by atoms with E-state index in [1.807, 2.05) is 0 Å². The summed E-state index contributed by atoms with van der Waals surface area (Å²) in [6, 6.07) is 9.41. The molecule has 7 heteroatoms. The summed E-state index contributed by atoms with van der Waals surface area (Å²) in [6.45, 7) is 2.29. The minimum Gasteiger partial charge on any atom is -0.378 e. The van der Waals surface area contributed by atoms with Gasteiger partial charge in [0.2, 0.25) is 5.91 Å². The molecule has 26 heavy (non-hydrogen) atoms. The van der Waals surface area contributed by atoms with Crippen LogP contribution in [0.25, 0.3) is 0 Å². The number of nitrogens with one attached hydrogen (secondary N) is 1. The predicted molar refractivity (Wildman–Crippen MR) is 91.9 cm³/mol. The molecule has 136 valence electrons. The smallest absolute Gasteiger partial charge is 0.255 e. The number of ether oxygens (including phenoxy) is 1. The largest absolute Gasteiger partial charge is 0.378 e. The third-order valence-electron chi connectivity index (χ3n) is 4.06. The molecule has 1 fully saturated rings. The average Bonchev–Trinajstić information content (AvgIpc) is 2.63. The van der Waals surface area contributed by atoms with Gasteiger partial charge < -0.3 is 15.0 Å². The van der Waals surface area contributed by atoms with E-state index in [-0.39, 0.29) is 17.9 Å². The molecule has 1 N–H and O–H groups in total. The number of anilines is 1. The number of carbonyl (C=O) groups excluding carboxylic acids is 2. The summed E-state index contributed by atoms with van der Waals surface area (Å²) in [5.41, 5.74) is 1.19. The highest BCUT2D eigenvalue weighted by Gasteiger charge is 2.17. The van der Waals surface area contributed by atoms with Crippen LogP contribution in [0.4, 0.5) is 14.5 Å². The molecular formula is C19H18F2N2O3. The minimum absolute atomic E-state index is 0.0281. The molecule has 2 aromatic rings. The predicted octanol–water partition coefficient (Wildman–Crippen LogP) is 2.62. The quantitative estimate of drug-likeness (QED) is 0.912. The summed E-state index contributed by atoms with van der Waals surface area (Å²) in [6.07, 6.45) is 0.267. The Morgan fingerprint density at radius 3 is 2.23 bits per heavy atom. The number of amides is 2. The van der Waals surface area contributed by atoms with E-state index in [2.05, 4.69) is 5.32 Å². The van der Waals surface area contributed by atoms with Gasteiger partial charge in [0.25, 0.3) is 5.91 Å². The maximum Gasteiger partial charge on any atom is 0.255 e. The van der Waals surface area contributed by atoms with Crippen LogP contribution >= 0.6 is 0 Å². The van der Waals surface area contributed by atoms with E-state index in [9.17, 15) is 18.4 Å². The monoisotopic (exact) mass is 360 g/mol. The Balaban J connectivity index is 1.60. The number of morpholine rings is 1. The van der Waals surface area contributed by atoms with E-state index in [1.165, 1.54) is 0 Å². The van der Waals surface area contributed by atoms with Crippen LogP contribution < -0.4 is 5.32 Å². The van der Waals surface area contributed by atoms with E-state index in [0.717, 1.165) is 17.7 Å². The molecule has 1 aliphatic heterocycles. The van der Waals surface area contributed by atoms with Crippen LogP contribution in [0.1, 0.15) is 15.9 Å². The Morgan fingerprint density at radius 1 is 1.00 bits per heavy atom. The first-order valence-electron chi connectivity index (χ1n) is 8.23. The number of nitrogens with zero attached hydrogens (tertiary/aromatic N) is 1. The molecule has 0 atom stereocenters. The fourth-order valence-corrected chi connectivity index (χ4v) is 2.69. The molecule has 0 radical (unpaired) electrons. The third-order valence-corrected chi connectivity index (χ3v) is 4.06. The van der Waals surface area contributed by atoms with Crippen LogP contribution in [-0.4, -0.2) is 43.0 Å². The van der Waals surface area contributed by atoms with Crippen molar-refractivity contribution >= 4 is 17.5 Å². The van der Waals surface area contributed by atoms with Crippen molar-refractivity contribution in [2.75, 3.05) is 31.6 Å². The highest BCUT2D eigenvalue weighted by atomic mass is 19.1.